The van der Waals surface area contributed by atoms with Crippen molar-refractivity contribution >= 4 is 0 Å². The van der Waals surface area contributed by atoms with Gasteiger partial charge in [-0.05, 0) is 31.7 Å². The minimum absolute atomic E-state index is 0.761. The van der Waals surface area contributed by atoms with E-state index in [0.717, 1.165) is 24.9 Å². The highest BCUT2D eigenvalue weighted by Crippen LogP contribution is 2.20. The van der Waals surface area contributed by atoms with E-state index in [4.69, 9.17) is 0 Å². The fourth-order valence-electron chi connectivity index (χ4n) is 3.31. The Morgan fingerprint density at radius 3 is 2.83 bits per heavy atom. The van der Waals surface area contributed by atoms with Gasteiger partial charge >= 0.3 is 0 Å². The molecule has 0 spiro atoms. The van der Waals surface area contributed by atoms with Crippen molar-refractivity contribution < 1.29 is 0 Å². The third-order valence-corrected chi connectivity index (χ3v) is 4.48. The molecule has 1 aromatic rings. The molecule has 1 aliphatic heterocycles. The molecule has 0 saturated heterocycles. The maximum Gasteiger partial charge on any atom is 0.132 e. The van der Waals surface area contributed by atoms with Gasteiger partial charge in [0.2, 0.25) is 0 Å². The molecule has 100 valence electrons. The molecule has 0 bridgehead atoms. The summed E-state index contributed by atoms with van der Waals surface area (Å²) in [4.78, 5) is 0. The lowest BCUT2D eigenvalue weighted by Gasteiger charge is -2.25. The van der Waals surface area contributed by atoms with E-state index in [-0.39, 0.29) is 0 Å². The molecule has 1 aromatic heterocycles. The summed E-state index contributed by atoms with van der Waals surface area (Å²) in [6.07, 6.45) is 12.7. The fraction of sp³-hybridized carbons (Fsp3) is 0.857. The topological polar surface area (TPSA) is 42.7 Å². The van der Waals surface area contributed by atoms with Crippen LogP contribution in [0.1, 0.15) is 50.8 Å². The van der Waals surface area contributed by atoms with Crippen molar-refractivity contribution in [1.29, 1.82) is 0 Å². The lowest BCUT2D eigenvalue weighted by atomic mass is 9.98. The Hall–Kier alpha value is -0.900. The third kappa shape index (κ3) is 2.91. The van der Waals surface area contributed by atoms with Gasteiger partial charge in [0.15, 0.2) is 0 Å². The number of nitrogens with zero attached hydrogens (tertiary/aromatic N) is 3. The monoisotopic (exact) mass is 248 g/mol. The second kappa shape index (κ2) is 5.83. The number of nitrogens with one attached hydrogen (secondary N) is 1. The average molecular weight is 248 g/mol. The molecule has 0 aromatic carbocycles. The predicted octanol–water partition coefficient (Wildman–Crippen LogP) is 2.15. The van der Waals surface area contributed by atoms with E-state index < -0.39 is 0 Å². The first-order chi connectivity index (χ1) is 8.92. The van der Waals surface area contributed by atoms with Crippen LogP contribution in [0.15, 0.2) is 6.33 Å². The molecule has 1 fully saturated rings. The predicted molar refractivity (Wildman–Crippen MR) is 71.3 cm³/mol. The highest BCUT2D eigenvalue weighted by molar-refractivity contribution is 4.92. The van der Waals surface area contributed by atoms with Gasteiger partial charge in [-0.1, -0.05) is 25.7 Å². The molecule has 2 aliphatic rings. The molecule has 1 saturated carbocycles. The molecule has 1 N–H and O–H groups in total. The van der Waals surface area contributed by atoms with E-state index in [9.17, 15) is 0 Å². The normalized spacial score (nSPS) is 25.7. The lowest BCUT2D eigenvalue weighted by Crippen LogP contribution is -2.36. The first-order valence-electron chi connectivity index (χ1n) is 7.52. The molecule has 4 heteroatoms. The standard InChI is InChI=1S/C14H24N4/c1-2-4-6-13(5-3-1)15-9-12-7-8-14-17-16-11-18(14)10-12/h11-13,15H,1-10H2/t12-/m0/s1. The Kier molecular flexibility index (Phi) is 3.93. The van der Waals surface area contributed by atoms with Crippen molar-refractivity contribution in [2.24, 2.45) is 5.92 Å². The molecule has 1 aliphatic carbocycles. The van der Waals surface area contributed by atoms with Crippen LogP contribution in [-0.2, 0) is 13.0 Å². The summed E-state index contributed by atoms with van der Waals surface area (Å²) in [6.45, 7) is 2.27. The van der Waals surface area contributed by atoms with Gasteiger partial charge in [-0.15, -0.1) is 10.2 Å². The molecule has 18 heavy (non-hydrogen) atoms. The van der Waals surface area contributed by atoms with Crippen molar-refractivity contribution in [3.05, 3.63) is 12.2 Å². The maximum absolute atomic E-state index is 4.15. The van der Waals surface area contributed by atoms with Crippen molar-refractivity contribution in [2.45, 2.75) is 64.0 Å². The Morgan fingerprint density at radius 1 is 1.17 bits per heavy atom. The first kappa shape index (κ1) is 12.2. The molecule has 1 atom stereocenters. The van der Waals surface area contributed by atoms with Gasteiger partial charge in [0.05, 0.1) is 0 Å². The zero-order chi connectivity index (χ0) is 12.2. The Bertz CT molecular complexity index is 366. The third-order valence-electron chi connectivity index (χ3n) is 4.48. The first-order valence-corrected chi connectivity index (χ1v) is 7.52. The second-order valence-electron chi connectivity index (χ2n) is 5.90. The van der Waals surface area contributed by atoms with E-state index in [2.05, 4.69) is 20.1 Å². The van der Waals surface area contributed by atoms with Gasteiger partial charge in [0.1, 0.15) is 12.2 Å². The number of hydrogen-bond acceptors (Lipinski definition) is 3. The summed E-state index contributed by atoms with van der Waals surface area (Å²) in [5.41, 5.74) is 0. The Balaban J connectivity index is 1.46. The summed E-state index contributed by atoms with van der Waals surface area (Å²) < 4.78 is 2.23. The molecule has 3 rings (SSSR count). The number of fused-ring (bicyclic) bond motifs is 1. The molecule has 0 amide bonds. The summed E-state index contributed by atoms with van der Waals surface area (Å²) in [5.74, 6) is 1.93. The molecule has 2 heterocycles. The molecular weight excluding hydrogens is 224 g/mol. The summed E-state index contributed by atoms with van der Waals surface area (Å²) >= 11 is 0. The smallest absolute Gasteiger partial charge is 0.132 e. The molecule has 0 unspecified atom stereocenters. The largest absolute Gasteiger partial charge is 0.317 e. The van der Waals surface area contributed by atoms with Crippen LogP contribution in [0, 0.1) is 5.92 Å². The van der Waals surface area contributed by atoms with Crippen LogP contribution >= 0.6 is 0 Å². The van der Waals surface area contributed by atoms with Crippen LogP contribution in [0.25, 0.3) is 0 Å². The lowest BCUT2D eigenvalue weighted by molar-refractivity contribution is 0.322. The zero-order valence-electron chi connectivity index (χ0n) is 11.1. The fourth-order valence-corrected chi connectivity index (χ4v) is 3.31. The van der Waals surface area contributed by atoms with Crippen LogP contribution in [0.5, 0.6) is 0 Å². The van der Waals surface area contributed by atoms with E-state index in [1.807, 2.05) is 6.33 Å². The van der Waals surface area contributed by atoms with Crippen LogP contribution in [0.3, 0.4) is 0 Å². The Labute approximate surface area is 109 Å². The maximum atomic E-state index is 4.15. The van der Waals surface area contributed by atoms with Crippen molar-refractivity contribution in [2.75, 3.05) is 6.54 Å². The Morgan fingerprint density at radius 2 is 2.00 bits per heavy atom. The van der Waals surface area contributed by atoms with Gasteiger partial charge in [0, 0.05) is 19.0 Å². The second-order valence-corrected chi connectivity index (χ2v) is 5.90. The summed E-state index contributed by atoms with van der Waals surface area (Å²) in [6, 6.07) is 0.773. The number of rotatable bonds is 3. The minimum Gasteiger partial charge on any atom is -0.317 e. The highest BCUT2D eigenvalue weighted by Gasteiger charge is 2.20. The summed E-state index contributed by atoms with van der Waals surface area (Å²) in [5, 5.41) is 11.9. The van der Waals surface area contributed by atoms with Gasteiger partial charge in [0.25, 0.3) is 0 Å². The van der Waals surface area contributed by atoms with Gasteiger partial charge in [-0.25, -0.2) is 0 Å². The van der Waals surface area contributed by atoms with Crippen LogP contribution in [0.2, 0.25) is 0 Å². The minimum atomic E-state index is 0.761. The molecule has 4 nitrogen and oxygen atoms in total. The summed E-state index contributed by atoms with van der Waals surface area (Å²) in [7, 11) is 0. The average Bonchev–Trinajstić information content (AvgIpc) is 2.70. The number of aromatic nitrogens is 3. The van der Waals surface area contributed by atoms with Crippen molar-refractivity contribution in [3.63, 3.8) is 0 Å². The zero-order valence-corrected chi connectivity index (χ0v) is 11.1. The van der Waals surface area contributed by atoms with Crippen LogP contribution in [-0.4, -0.2) is 27.4 Å². The molecular formula is C14H24N4. The highest BCUT2D eigenvalue weighted by atomic mass is 15.3. The quantitative estimate of drug-likeness (QED) is 0.834. The van der Waals surface area contributed by atoms with Crippen LogP contribution < -0.4 is 5.32 Å². The molecule has 0 radical (unpaired) electrons. The van der Waals surface area contributed by atoms with Crippen LogP contribution in [0.4, 0.5) is 0 Å². The SMILES string of the molecule is c1nnc2n1C[C@H](CNC1CCCCCC1)CC2. The van der Waals surface area contributed by atoms with Crippen molar-refractivity contribution in [1.82, 2.24) is 20.1 Å². The van der Waals surface area contributed by atoms with E-state index >= 15 is 0 Å². The van der Waals surface area contributed by atoms with E-state index in [0.29, 0.717) is 0 Å². The van der Waals surface area contributed by atoms with Gasteiger partial charge < -0.3 is 9.88 Å². The van der Waals surface area contributed by atoms with Gasteiger partial charge in [-0.3, -0.25) is 0 Å². The van der Waals surface area contributed by atoms with Crippen molar-refractivity contribution in [3.8, 4) is 0 Å². The van der Waals surface area contributed by atoms with E-state index in [1.54, 1.807) is 0 Å². The van der Waals surface area contributed by atoms with E-state index in [1.165, 1.54) is 57.3 Å². The van der Waals surface area contributed by atoms with Gasteiger partial charge in [-0.2, -0.15) is 0 Å². The number of hydrogen-bond donors (Lipinski definition) is 1. The number of aryl methyl sites for hydroxylation is 1.